The van der Waals surface area contributed by atoms with Crippen molar-refractivity contribution in [1.82, 2.24) is 9.88 Å². The van der Waals surface area contributed by atoms with Gasteiger partial charge in [0.1, 0.15) is 11.4 Å². The van der Waals surface area contributed by atoms with Crippen LogP contribution in [0.5, 0.6) is 0 Å². The molecule has 2 amide bonds. The SMILES string of the molecule is CCc1cccc2c1[nH]c1cc(NC(=O)C3(C)CC(=O)N=C4C=CC=CN43)ccc12. The molecule has 1 aromatic heterocycles. The van der Waals surface area contributed by atoms with Gasteiger partial charge in [0.05, 0.1) is 6.42 Å². The van der Waals surface area contributed by atoms with Crippen molar-refractivity contribution in [2.45, 2.75) is 32.2 Å². The number of allylic oxidation sites excluding steroid dienone is 2. The molecule has 2 aromatic carbocycles. The maximum atomic E-state index is 13.3. The van der Waals surface area contributed by atoms with Gasteiger partial charge in [-0.1, -0.05) is 37.3 Å². The molecule has 6 heteroatoms. The Morgan fingerprint density at radius 3 is 2.93 bits per heavy atom. The Kier molecular flexibility index (Phi) is 4.10. The lowest BCUT2D eigenvalue weighted by Gasteiger charge is -2.41. The molecule has 2 aliphatic rings. The molecule has 3 aromatic rings. The van der Waals surface area contributed by atoms with E-state index in [1.165, 1.54) is 10.9 Å². The number of hydrogen-bond donors (Lipinski definition) is 2. The van der Waals surface area contributed by atoms with Crippen LogP contribution in [0, 0.1) is 0 Å². The third kappa shape index (κ3) is 2.76. The molecule has 0 saturated heterocycles. The van der Waals surface area contributed by atoms with Crippen LogP contribution >= 0.6 is 0 Å². The van der Waals surface area contributed by atoms with Crippen molar-refractivity contribution in [3.8, 4) is 0 Å². The van der Waals surface area contributed by atoms with E-state index < -0.39 is 5.54 Å². The number of aryl methyl sites for hydroxylation is 1. The predicted molar refractivity (Wildman–Crippen MR) is 119 cm³/mol. The number of nitrogens with one attached hydrogen (secondary N) is 2. The van der Waals surface area contributed by atoms with Crippen molar-refractivity contribution in [2.24, 2.45) is 4.99 Å². The summed E-state index contributed by atoms with van der Waals surface area (Å²) in [7, 11) is 0. The van der Waals surface area contributed by atoms with Crippen LogP contribution in [-0.2, 0) is 16.0 Å². The minimum absolute atomic E-state index is 0.0228. The first kappa shape index (κ1) is 18.4. The van der Waals surface area contributed by atoms with Gasteiger partial charge in [-0.3, -0.25) is 9.59 Å². The fourth-order valence-corrected chi connectivity index (χ4v) is 4.31. The second-order valence-electron chi connectivity index (χ2n) is 7.92. The molecule has 0 fully saturated rings. The molecular weight excluding hydrogens is 376 g/mol. The van der Waals surface area contributed by atoms with E-state index in [0.29, 0.717) is 11.5 Å². The van der Waals surface area contributed by atoms with Crippen molar-refractivity contribution < 1.29 is 9.59 Å². The third-order valence-electron chi connectivity index (χ3n) is 5.95. The molecule has 2 N–H and O–H groups in total. The van der Waals surface area contributed by atoms with Gasteiger partial charge in [-0.15, -0.1) is 0 Å². The normalized spacial score (nSPS) is 20.5. The summed E-state index contributed by atoms with van der Waals surface area (Å²) in [5, 5.41) is 5.31. The Balaban J connectivity index is 1.49. The summed E-state index contributed by atoms with van der Waals surface area (Å²) in [6, 6.07) is 12.2. The van der Waals surface area contributed by atoms with Gasteiger partial charge < -0.3 is 15.2 Å². The fraction of sp³-hybridized carbons (Fsp3) is 0.208. The topological polar surface area (TPSA) is 77.6 Å². The number of hydrogen-bond acceptors (Lipinski definition) is 3. The van der Waals surface area contributed by atoms with Gasteiger partial charge in [0.2, 0.25) is 0 Å². The summed E-state index contributed by atoms with van der Waals surface area (Å²) >= 11 is 0. The number of aromatic nitrogens is 1. The number of amidine groups is 1. The molecule has 0 saturated carbocycles. The number of anilines is 1. The Hall–Kier alpha value is -3.67. The van der Waals surface area contributed by atoms with Crippen molar-refractivity contribution in [1.29, 1.82) is 0 Å². The molecule has 1 unspecified atom stereocenters. The van der Waals surface area contributed by atoms with Gasteiger partial charge in [0.15, 0.2) is 0 Å². The average Bonchev–Trinajstić information content (AvgIpc) is 3.11. The molecule has 6 nitrogen and oxygen atoms in total. The van der Waals surface area contributed by atoms with Crippen LogP contribution in [0.1, 0.15) is 25.8 Å². The Morgan fingerprint density at radius 2 is 2.10 bits per heavy atom. The maximum Gasteiger partial charge on any atom is 0.250 e. The molecule has 0 radical (unpaired) electrons. The second-order valence-corrected chi connectivity index (χ2v) is 7.92. The zero-order valence-electron chi connectivity index (χ0n) is 16.9. The molecule has 0 spiro atoms. The van der Waals surface area contributed by atoms with Crippen LogP contribution in [-0.4, -0.2) is 33.1 Å². The van der Waals surface area contributed by atoms with Crippen molar-refractivity contribution in [3.05, 3.63) is 66.4 Å². The Labute approximate surface area is 174 Å². The second kappa shape index (κ2) is 6.69. The number of H-pyrrole nitrogens is 1. The highest BCUT2D eigenvalue weighted by Gasteiger charge is 2.45. The van der Waals surface area contributed by atoms with Crippen molar-refractivity contribution >= 4 is 45.1 Å². The number of carbonyl (C=O) groups excluding carboxylic acids is 2. The number of aliphatic imine (C=N–C) groups is 1. The summed E-state index contributed by atoms with van der Waals surface area (Å²) in [5.41, 5.74) is 3.01. The zero-order valence-corrected chi connectivity index (χ0v) is 16.9. The lowest BCUT2D eigenvalue weighted by Crippen LogP contribution is -2.58. The fourth-order valence-electron chi connectivity index (χ4n) is 4.31. The Morgan fingerprint density at radius 1 is 1.23 bits per heavy atom. The molecular formula is C24H22N4O2. The molecule has 5 rings (SSSR count). The largest absolute Gasteiger partial charge is 0.354 e. The van der Waals surface area contributed by atoms with E-state index in [9.17, 15) is 9.59 Å². The van der Waals surface area contributed by atoms with Gasteiger partial charge >= 0.3 is 0 Å². The highest BCUT2D eigenvalue weighted by molar-refractivity contribution is 6.13. The number of amides is 2. The van der Waals surface area contributed by atoms with Crippen LogP contribution < -0.4 is 5.32 Å². The number of rotatable bonds is 3. The predicted octanol–water partition coefficient (Wildman–Crippen LogP) is 4.30. The number of benzene rings is 2. The monoisotopic (exact) mass is 398 g/mol. The molecule has 1 atom stereocenters. The van der Waals surface area contributed by atoms with E-state index in [1.54, 1.807) is 30.2 Å². The smallest absolute Gasteiger partial charge is 0.250 e. The highest BCUT2D eigenvalue weighted by Crippen LogP contribution is 2.32. The van der Waals surface area contributed by atoms with Crippen molar-refractivity contribution in [3.63, 3.8) is 0 Å². The van der Waals surface area contributed by atoms with Crippen LogP contribution in [0.4, 0.5) is 5.69 Å². The zero-order chi connectivity index (χ0) is 20.9. The first-order valence-corrected chi connectivity index (χ1v) is 10.1. The van der Waals surface area contributed by atoms with E-state index >= 15 is 0 Å². The quantitative estimate of drug-likeness (QED) is 0.691. The number of aromatic amines is 1. The minimum atomic E-state index is -1.04. The van der Waals surface area contributed by atoms with E-state index in [2.05, 4.69) is 40.4 Å². The lowest BCUT2D eigenvalue weighted by molar-refractivity contribution is -0.130. The molecule has 0 aliphatic carbocycles. The number of carbonyl (C=O) groups is 2. The van der Waals surface area contributed by atoms with Crippen molar-refractivity contribution in [2.75, 3.05) is 5.32 Å². The maximum absolute atomic E-state index is 13.3. The summed E-state index contributed by atoms with van der Waals surface area (Å²) in [6.07, 6.45) is 8.14. The standard InChI is InChI=1S/C24H22N4O2/c1-3-15-7-6-8-18-17-11-10-16(13-19(17)26-22(15)18)25-23(30)24(2)14-21(29)27-20-9-4-5-12-28(20)24/h4-13,26H,3,14H2,1-2H3,(H,25,30). The van der Waals surface area contributed by atoms with E-state index in [0.717, 1.165) is 22.8 Å². The van der Waals surface area contributed by atoms with Crippen LogP contribution in [0.25, 0.3) is 21.8 Å². The molecule has 2 aliphatic heterocycles. The summed E-state index contributed by atoms with van der Waals surface area (Å²) in [5.74, 6) is -0.0468. The number of nitrogens with zero attached hydrogens (tertiary/aromatic N) is 2. The summed E-state index contributed by atoms with van der Waals surface area (Å²) in [4.78, 5) is 34.7. The van der Waals surface area contributed by atoms with Gasteiger partial charge in [0, 0.05) is 33.7 Å². The summed E-state index contributed by atoms with van der Waals surface area (Å²) < 4.78 is 0. The van der Waals surface area contributed by atoms with Crippen LogP contribution in [0.3, 0.4) is 0 Å². The van der Waals surface area contributed by atoms with Gasteiger partial charge in [-0.25, -0.2) is 0 Å². The molecule has 0 bridgehead atoms. The molecule has 3 heterocycles. The first-order valence-electron chi connectivity index (χ1n) is 10.1. The minimum Gasteiger partial charge on any atom is -0.354 e. The highest BCUT2D eigenvalue weighted by atomic mass is 16.2. The third-order valence-corrected chi connectivity index (χ3v) is 5.95. The van der Waals surface area contributed by atoms with Crippen LogP contribution in [0.2, 0.25) is 0 Å². The van der Waals surface area contributed by atoms with Gasteiger partial charge in [-0.2, -0.15) is 4.99 Å². The number of para-hydroxylation sites is 1. The van der Waals surface area contributed by atoms with E-state index in [1.807, 2.05) is 24.3 Å². The summed E-state index contributed by atoms with van der Waals surface area (Å²) in [6.45, 7) is 3.91. The Bertz CT molecular complexity index is 1300. The van der Waals surface area contributed by atoms with Crippen LogP contribution in [0.15, 0.2) is 65.8 Å². The lowest BCUT2D eigenvalue weighted by atomic mass is 9.91. The van der Waals surface area contributed by atoms with E-state index in [-0.39, 0.29) is 18.2 Å². The first-order chi connectivity index (χ1) is 14.5. The van der Waals surface area contributed by atoms with Gasteiger partial charge in [0.25, 0.3) is 11.8 Å². The van der Waals surface area contributed by atoms with E-state index in [4.69, 9.17) is 0 Å². The van der Waals surface area contributed by atoms with Gasteiger partial charge in [-0.05, 0) is 43.2 Å². The molecule has 30 heavy (non-hydrogen) atoms. The number of fused-ring (bicyclic) bond motifs is 4. The average molecular weight is 398 g/mol. The molecule has 150 valence electrons.